The summed E-state index contributed by atoms with van der Waals surface area (Å²) in [5.41, 5.74) is 1.35. The van der Waals surface area contributed by atoms with Gasteiger partial charge in [0, 0.05) is 24.9 Å². The minimum Gasteiger partial charge on any atom is -0.459 e. The van der Waals surface area contributed by atoms with Crippen molar-refractivity contribution < 1.29 is 14.0 Å². The molecule has 0 spiro atoms. The largest absolute Gasteiger partial charge is 0.459 e. The molecule has 0 aliphatic heterocycles. The van der Waals surface area contributed by atoms with Crippen LogP contribution in [-0.2, 0) is 10.2 Å². The number of benzene rings is 1. The van der Waals surface area contributed by atoms with E-state index < -0.39 is 0 Å². The first-order chi connectivity index (χ1) is 12.7. The van der Waals surface area contributed by atoms with Crippen LogP contribution in [-0.4, -0.2) is 24.9 Å². The first-order valence-electron chi connectivity index (χ1n) is 9.34. The Morgan fingerprint density at radius 2 is 1.73 bits per heavy atom. The highest BCUT2D eigenvalue weighted by atomic mass is 16.3. The molecule has 0 unspecified atom stereocenters. The minimum absolute atomic E-state index is 0.0343. The van der Waals surface area contributed by atoms with Crippen LogP contribution < -0.4 is 10.6 Å². The van der Waals surface area contributed by atoms with Gasteiger partial charge in [-0.3, -0.25) is 9.59 Å². The molecule has 2 N–H and O–H groups in total. The second-order valence-electron chi connectivity index (χ2n) is 6.97. The maximum Gasteiger partial charge on any atom is 0.286 e. The molecule has 3 rings (SSSR count). The van der Waals surface area contributed by atoms with E-state index in [-0.39, 0.29) is 29.4 Å². The SMILES string of the molecule is O=C(CCNC(=O)c1ccco1)NCC1(c2ccccc2)CCCCC1. The lowest BCUT2D eigenvalue weighted by Gasteiger charge is -2.38. The van der Waals surface area contributed by atoms with Crippen molar-refractivity contribution in [1.82, 2.24) is 10.6 Å². The molecule has 1 aliphatic rings. The monoisotopic (exact) mass is 354 g/mol. The molecule has 138 valence electrons. The molecule has 5 heteroatoms. The van der Waals surface area contributed by atoms with Crippen LogP contribution in [0.5, 0.6) is 0 Å². The summed E-state index contributed by atoms with van der Waals surface area (Å²) in [6.07, 6.45) is 7.58. The van der Waals surface area contributed by atoms with Gasteiger partial charge in [0.25, 0.3) is 5.91 Å². The first-order valence-corrected chi connectivity index (χ1v) is 9.34. The van der Waals surface area contributed by atoms with Crippen LogP contribution in [0.15, 0.2) is 53.1 Å². The highest BCUT2D eigenvalue weighted by molar-refractivity contribution is 5.91. The van der Waals surface area contributed by atoms with Gasteiger partial charge in [-0.1, -0.05) is 49.6 Å². The molecule has 26 heavy (non-hydrogen) atoms. The van der Waals surface area contributed by atoms with Crippen LogP contribution in [0.4, 0.5) is 0 Å². The second kappa shape index (κ2) is 8.70. The molecule has 0 atom stereocenters. The highest BCUT2D eigenvalue weighted by Crippen LogP contribution is 2.38. The van der Waals surface area contributed by atoms with E-state index in [0.717, 1.165) is 12.8 Å². The predicted octanol–water partition coefficient (Wildman–Crippen LogP) is 3.42. The molecule has 1 heterocycles. The van der Waals surface area contributed by atoms with Crippen molar-refractivity contribution in [3.8, 4) is 0 Å². The number of carbonyl (C=O) groups is 2. The summed E-state index contributed by atoms with van der Waals surface area (Å²) in [6.45, 7) is 0.950. The third-order valence-corrected chi connectivity index (χ3v) is 5.20. The summed E-state index contributed by atoms with van der Waals surface area (Å²) in [6, 6.07) is 13.8. The van der Waals surface area contributed by atoms with E-state index in [9.17, 15) is 9.59 Å². The van der Waals surface area contributed by atoms with E-state index in [1.165, 1.54) is 31.1 Å². The molecule has 1 aromatic heterocycles. The number of rotatable bonds is 7. The number of hydrogen-bond acceptors (Lipinski definition) is 3. The van der Waals surface area contributed by atoms with Gasteiger partial charge in [-0.15, -0.1) is 0 Å². The molecular formula is C21H26N2O3. The van der Waals surface area contributed by atoms with Crippen molar-refractivity contribution >= 4 is 11.8 Å². The molecule has 0 radical (unpaired) electrons. The van der Waals surface area contributed by atoms with E-state index in [2.05, 4.69) is 34.9 Å². The van der Waals surface area contributed by atoms with Crippen LogP contribution >= 0.6 is 0 Å². The van der Waals surface area contributed by atoms with Gasteiger partial charge in [-0.2, -0.15) is 0 Å². The fraction of sp³-hybridized carbons (Fsp3) is 0.429. The average Bonchev–Trinajstić information content (AvgIpc) is 3.23. The molecule has 5 nitrogen and oxygen atoms in total. The van der Waals surface area contributed by atoms with E-state index in [0.29, 0.717) is 13.1 Å². The Morgan fingerprint density at radius 1 is 0.962 bits per heavy atom. The number of furan rings is 1. The zero-order valence-electron chi connectivity index (χ0n) is 15.0. The molecule has 2 amide bonds. The van der Waals surface area contributed by atoms with E-state index in [1.807, 2.05) is 6.07 Å². The molecule has 0 saturated heterocycles. The Kier molecular flexibility index (Phi) is 6.10. The molecular weight excluding hydrogens is 328 g/mol. The fourth-order valence-electron chi connectivity index (χ4n) is 3.73. The van der Waals surface area contributed by atoms with Crippen molar-refractivity contribution in [3.05, 3.63) is 60.1 Å². The summed E-state index contributed by atoms with van der Waals surface area (Å²) in [5.74, 6) is -0.0721. The maximum atomic E-state index is 12.2. The van der Waals surface area contributed by atoms with Crippen molar-refractivity contribution in [1.29, 1.82) is 0 Å². The lowest BCUT2D eigenvalue weighted by Crippen LogP contribution is -2.43. The molecule has 0 bridgehead atoms. The zero-order valence-corrected chi connectivity index (χ0v) is 15.0. The average molecular weight is 354 g/mol. The smallest absolute Gasteiger partial charge is 0.286 e. The Balaban J connectivity index is 1.49. The zero-order chi connectivity index (χ0) is 18.2. The van der Waals surface area contributed by atoms with Crippen LogP contribution in [0.3, 0.4) is 0 Å². The molecule has 1 aromatic carbocycles. The number of carbonyl (C=O) groups excluding carboxylic acids is 2. The predicted molar refractivity (Wildman–Crippen MR) is 99.9 cm³/mol. The lowest BCUT2D eigenvalue weighted by atomic mass is 9.69. The molecule has 1 aliphatic carbocycles. The highest BCUT2D eigenvalue weighted by Gasteiger charge is 2.33. The normalized spacial score (nSPS) is 16.0. The maximum absolute atomic E-state index is 12.2. The summed E-state index contributed by atoms with van der Waals surface area (Å²) in [4.78, 5) is 24.0. The minimum atomic E-state index is -0.296. The van der Waals surface area contributed by atoms with Gasteiger partial charge in [0.1, 0.15) is 0 Å². The number of amides is 2. The van der Waals surface area contributed by atoms with Crippen LogP contribution in [0.1, 0.15) is 54.6 Å². The van der Waals surface area contributed by atoms with Gasteiger partial charge in [0.2, 0.25) is 5.91 Å². The van der Waals surface area contributed by atoms with Gasteiger partial charge in [-0.05, 0) is 30.5 Å². The number of nitrogens with one attached hydrogen (secondary N) is 2. The third kappa shape index (κ3) is 4.54. The molecule has 1 saturated carbocycles. The Bertz CT molecular complexity index is 704. The van der Waals surface area contributed by atoms with Crippen molar-refractivity contribution in [2.75, 3.05) is 13.1 Å². The standard InChI is InChI=1S/C21H26N2O3/c24-19(11-14-22-20(25)18-10-7-15-26-18)23-16-21(12-5-2-6-13-21)17-8-3-1-4-9-17/h1,3-4,7-10,15H,2,5-6,11-14,16H2,(H,22,25)(H,23,24). The summed E-state index contributed by atoms with van der Waals surface area (Å²) in [5, 5.41) is 5.79. The topological polar surface area (TPSA) is 71.3 Å². The van der Waals surface area contributed by atoms with Crippen LogP contribution in [0, 0.1) is 0 Å². The summed E-state index contributed by atoms with van der Waals surface area (Å²) < 4.78 is 5.03. The van der Waals surface area contributed by atoms with Crippen LogP contribution in [0.25, 0.3) is 0 Å². The quantitative estimate of drug-likeness (QED) is 0.800. The Hall–Kier alpha value is -2.56. The van der Waals surface area contributed by atoms with Gasteiger partial charge in [0.15, 0.2) is 5.76 Å². The van der Waals surface area contributed by atoms with Crippen LogP contribution in [0.2, 0.25) is 0 Å². The van der Waals surface area contributed by atoms with Gasteiger partial charge < -0.3 is 15.1 Å². The van der Waals surface area contributed by atoms with E-state index >= 15 is 0 Å². The Labute approximate surface area is 154 Å². The lowest BCUT2D eigenvalue weighted by molar-refractivity contribution is -0.121. The van der Waals surface area contributed by atoms with E-state index in [4.69, 9.17) is 4.42 Å². The fourth-order valence-corrected chi connectivity index (χ4v) is 3.73. The number of hydrogen-bond donors (Lipinski definition) is 2. The molecule has 1 fully saturated rings. The van der Waals surface area contributed by atoms with Gasteiger partial charge >= 0.3 is 0 Å². The summed E-state index contributed by atoms with van der Waals surface area (Å²) >= 11 is 0. The molecule has 2 aromatic rings. The van der Waals surface area contributed by atoms with Crippen molar-refractivity contribution in [2.24, 2.45) is 0 Å². The van der Waals surface area contributed by atoms with Crippen molar-refractivity contribution in [3.63, 3.8) is 0 Å². The Morgan fingerprint density at radius 3 is 2.42 bits per heavy atom. The van der Waals surface area contributed by atoms with E-state index in [1.54, 1.807) is 12.1 Å². The first kappa shape index (κ1) is 18.2. The third-order valence-electron chi connectivity index (χ3n) is 5.20. The van der Waals surface area contributed by atoms with Gasteiger partial charge in [0.05, 0.1) is 6.26 Å². The second-order valence-corrected chi connectivity index (χ2v) is 6.97. The van der Waals surface area contributed by atoms with Crippen molar-refractivity contribution in [2.45, 2.75) is 43.9 Å². The summed E-state index contributed by atoms with van der Waals surface area (Å²) in [7, 11) is 0. The van der Waals surface area contributed by atoms with Gasteiger partial charge in [-0.25, -0.2) is 0 Å².